The van der Waals surface area contributed by atoms with Crippen LogP contribution >= 0.6 is 24.0 Å². The lowest BCUT2D eigenvalue weighted by atomic mass is 9.95. The molecule has 0 heterocycles. The minimum Gasteiger partial charge on any atom is -0.357 e. The first-order valence-electron chi connectivity index (χ1n) is 8.74. The summed E-state index contributed by atoms with van der Waals surface area (Å²) < 4.78 is 13.6. The summed E-state index contributed by atoms with van der Waals surface area (Å²) in [5.41, 5.74) is 0.529. The second-order valence-electron chi connectivity index (χ2n) is 6.04. The summed E-state index contributed by atoms with van der Waals surface area (Å²) in [4.78, 5) is 16.4. The van der Waals surface area contributed by atoms with Crippen LogP contribution in [0.4, 0.5) is 4.39 Å². The molecule has 5 nitrogen and oxygen atoms in total. The number of nitrogens with one attached hydrogen (secondary N) is 3. The fraction of sp³-hybridized carbons (Fsp3) is 0.556. The van der Waals surface area contributed by atoms with Gasteiger partial charge in [0.15, 0.2) is 5.96 Å². The van der Waals surface area contributed by atoms with E-state index in [0.29, 0.717) is 24.1 Å². The van der Waals surface area contributed by atoms with Crippen LogP contribution in [-0.4, -0.2) is 31.0 Å². The predicted molar refractivity (Wildman–Crippen MR) is 110 cm³/mol. The smallest absolute Gasteiger partial charge is 0.239 e. The van der Waals surface area contributed by atoms with E-state index in [0.717, 1.165) is 12.8 Å². The van der Waals surface area contributed by atoms with Crippen LogP contribution in [0.3, 0.4) is 0 Å². The minimum absolute atomic E-state index is 0. The predicted octanol–water partition coefficient (Wildman–Crippen LogP) is 2.95. The number of benzene rings is 1. The maximum absolute atomic E-state index is 13.6. The molecule has 0 bridgehead atoms. The van der Waals surface area contributed by atoms with Crippen molar-refractivity contribution >= 4 is 35.8 Å². The quantitative estimate of drug-likeness (QED) is 0.346. The van der Waals surface area contributed by atoms with Gasteiger partial charge in [0.25, 0.3) is 0 Å². The first-order chi connectivity index (χ1) is 11.7. The van der Waals surface area contributed by atoms with E-state index in [1.54, 1.807) is 18.2 Å². The highest BCUT2D eigenvalue weighted by Crippen LogP contribution is 2.17. The monoisotopic (exact) mass is 462 g/mol. The SMILES string of the molecule is CCNC(=NCc1ccccc1F)NCC(=O)NC1CCCCC1.I. The molecule has 1 aromatic rings. The van der Waals surface area contributed by atoms with Crippen molar-refractivity contribution in [3.63, 3.8) is 0 Å². The van der Waals surface area contributed by atoms with Gasteiger partial charge in [-0.1, -0.05) is 37.5 Å². The van der Waals surface area contributed by atoms with E-state index in [2.05, 4.69) is 20.9 Å². The topological polar surface area (TPSA) is 65.5 Å². The molecule has 2 rings (SSSR count). The number of carbonyl (C=O) groups is 1. The van der Waals surface area contributed by atoms with Crippen molar-refractivity contribution in [1.82, 2.24) is 16.0 Å². The number of rotatable bonds is 6. The summed E-state index contributed by atoms with van der Waals surface area (Å²) >= 11 is 0. The van der Waals surface area contributed by atoms with Crippen LogP contribution in [0.15, 0.2) is 29.3 Å². The Bertz CT molecular complexity index is 562. The van der Waals surface area contributed by atoms with Crippen LogP contribution in [0.25, 0.3) is 0 Å². The van der Waals surface area contributed by atoms with Gasteiger partial charge in [-0.2, -0.15) is 0 Å². The van der Waals surface area contributed by atoms with Crippen LogP contribution in [0.1, 0.15) is 44.6 Å². The van der Waals surface area contributed by atoms with Crippen molar-refractivity contribution in [2.24, 2.45) is 4.99 Å². The Kier molecular flexibility index (Phi) is 10.4. The molecule has 1 amide bonds. The number of hydrogen-bond donors (Lipinski definition) is 3. The van der Waals surface area contributed by atoms with Gasteiger partial charge in [0.05, 0.1) is 13.1 Å². The van der Waals surface area contributed by atoms with E-state index >= 15 is 0 Å². The molecule has 1 aromatic carbocycles. The molecular weight excluding hydrogens is 434 g/mol. The summed E-state index contributed by atoms with van der Waals surface area (Å²) in [6, 6.07) is 6.86. The first-order valence-corrected chi connectivity index (χ1v) is 8.74. The summed E-state index contributed by atoms with van der Waals surface area (Å²) in [5, 5.41) is 9.13. The Morgan fingerprint density at radius 3 is 2.60 bits per heavy atom. The number of guanidine groups is 1. The molecular formula is C18H28FIN4O. The lowest BCUT2D eigenvalue weighted by Gasteiger charge is -2.23. The molecule has 0 aliphatic heterocycles. The molecule has 0 saturated heterocycles. The Balaban J connectivity index is 0.00000312. The van der Waals surface area contributed by atoms with E-state index < -0.39 is 0 Å². The van der Waals surface area contributed by atoms with Crippen molar-refractivity contribution in [3.8, 4) is 0 Å². The van der Waals surface area contributed by atoms with Gasteiger partial charge in [-0.3, -0.25) is 4.79 Å². The van der Waals surface area contributed by atoms with Crippen molar-refractivity contribution in [2.45, 2.75) is 51.6 Å². The van der Waals surface area contributed by atoms with Crippen LogP contribution in [0.2, 0.25) is 0 Å². The molecule has 0 atom stereocenters. The van der Waals surface area contributed by atoms with E-state index in [1.807, 2.05) is 6.92 Å². The highest BCUT2D eigenvalue weighted by Gasteiger charge is 2.15. The summed E-state index contributed by atoms with van der Waals surface area (Å²) in [6.45, 7) is 3.02. The van der Waals surface area contributed by atoms with Crippen molar-refractivity contribution < 1.29 is 9.18 Å². The van der Waals surface area contributed by atoms with Crippen molar-refractivity contribution in [2.75, 3.05) is 13.1 Å². The fourth-order valence-corrected chi connectivity index (χ4v) is 2.82. The van der Waals surface area contributed by atoms with E-state index in [1.165, 1.54) is 25.3 Å². The largest absolute Gasteiger partial charge is 0.357 e. The molecule has 0 unspecified atom stereocenters. The van der Waals surface area contributed by atoms with Gasteiger partial charge >= 0.3 is 0 Å². The number of hydrogen-bond acceptors (Lipinski definition) is 2. The van der Waals surface area contributed by atoms with Gasteiger partial charge in [0.1, 0.15) is 5.82 Å². The number of amides is 1. The summed E-state index contributed by atoms with van der Waals surface area (Å²) in [7, 11) is 0. The van der Waals surface area contributed by atoms with Gasteiger partial charge in [-0.05, 0) is 25.8 Å². The molecule has 0 radical (unpaired) electrons. The zero-order chi connectivity index (χ0) is 17.2. The Labute approximate surface area is 166 Å². The second kappa shape index (κ2) is 12.1. The second-order valence-corrected chi connectivity index (χ2v) is 6.04. The molecule has 25 heavy (non-hydrogen) atoms. The third-order valence-electron chi connectivity index (χ3n) is 4.10. The van der Waals surface area contributed by atoms with Crippen LogP contribution < -0.4 is 16.0 Å². The van der Waals surface area contributed by atoms with Gasteiger partial charge in [0.2, 0.25) is 5.91 Å². The molecule has 1 aliphatic carbocycles. The molecule has 140 valence electrons. The zero-order valence-electron chi connectivity index (χ0n) is 14.7. The van der Waals surface area contributed by atoms with Crippen LogP contribution in [0, 0.1) is 5.82 Å². The normalized spacial score (nSPS) is 15.2. The maximum Gasteiger partial charge on any atom is 0.239 e. The number of aliphatic imine (C=N–C) groups is 1. The minimum atomic E-state index is -0.271. The van der Waals surface area contributed by atoms with Gasteiger partial charge in [-0.15, -0.1) is 24.0 Å². The maximum atomic E-state index is 13.6. The Morgan fingerprint density at radius 2 is 1.92 bits per heavy atom. The fourth-order valence-electron chi connectivity index (χ4n) is 2.82. The van der Waals surface area contributed by atoms with Gasteiger partial charge < -0.3 is 16.0 Å². The molecule has 1 saturated carbocycles. The average molecular weight is 462 g/mol. The van der Waals surface area contributed by atoms with Crippen LogP contribution in [-0.2, 0) is 11.3 Å². The molecule has 1 aliphatic rings. The Morgan fingerprint density at radius 1 is 1.20 bits per heavy atom. The lowest BCUT2D eigenvalue weighted by molar-refractivity contribution is -0.120. The lowest BCUT2D eigenvalue weighted by Crippen LogP contribution is -2.46. The van der Waals surface area contributed by atoms with E-state index in [9.17, 15) is 9.18 Å². The van der Waals surface area contributed by atoms with E-state index in [-0.39, 0.29) is 48.8 Å². The van der Waals surface area contributed by atoms with Crippen molar-refractivity contribution in [1.29, 1.82) is 0 Å². The van der Waals surface area contributed by atoms with Gasteiger partial charge in [-0.25, -0.2) is 9.38 Å². The highest BCUT2D eigenvalue weighted by atomic mass is 127. The highest BCUT2D eigenvalue weighted by molar-refractivity contribution is 14.0. The summed E-state index contributed by atoms with van der Waals surface area (Å²) in [5.74, 6) is 0.213. The Hall–Kier alpha value is -1.38. The number of halogens is 2. The standard InChI is InChI=1S/C18H27FN4O.HI/c1-2-20-18(21-12-14-8-6-7-11-16(14)19)22-13-17(24)23-15-9-4-3-5-10-15;/h6-8,11,15H,2-5,9-10,12-13H2,1H3,(H,23,24)(H2,20,21,22);1H. The van der Waals surface area contributed by atoms with E-state index in [4.69, 9.17) is 0 Å². The molecule has 3 N–H and O–H groups in total. The molecule has 7 heteroatoms. The third-order valence-corrected chi connectivity index (χ3v) is 4.10. The first kappa shape index (κ1) is 21.7. The van der Waals surface area contributed by atoms with Gasteiger partial charge in [0, 0.05) is 18.2 Å². The van der Waals surface area contributed by atoms with Crippen LogP contribution in [0.5, 0.6) is 0 Å². The number of carbonyl (C=O) groups excluding carboxylic acids is 1. The molecule has 0 spiro atoms. The average Bonchev–Trinajstić information content (AvgIpc) is 2.59. The molecule has 1 fully saturated rings. The third kappa shape index (κ3) is 8.02. The van der Waals surface area contributed by atoms with Crippen molar-refractivity contribution in [3.05, 3.63) is 35.6 Å². The zero-order valence-corrected chi connectivity index (χ0v) is 17.0. The summed E-state index contributed by atoms with van der Waals surface area (Å²) in [6.07, 6.45) is 5.76. The number of nitrogens with zero attached hydrogens (tertiary/aromatic N) is 1. The molecule has 0 aromatic heterocycles.